The Morgan fingerprint density at radius 1 is 0.759 bits per heavy atom. The molecule has 0 aromatic heterocycles. The minimum atomic E-state index is -4.16. The molecule has 3 aromatic rings. The van der Waals surface area contributed by atoms with Gasteiger partial charge in [-0.15, -0.1) is 23.5 Å². The third-order valence-electron chi connectivity index (χ3n) is 8.49. The van der Waals surface area contributed by atoms with Crippen LogP contribution in [0.1, 0.15) is 40.5 Å². The second-order valence-corrected chi connectivity index (χ2v) is 17.0. The van der Waals surface area contributed by atoms with E-state index in [2.05, 4.69) is 10.6 Å². The van der Waals surface area contributed by atoms with Gasteiger partial charge in [0.25, 0.3) is 5.91 Å². The summed E-state index contributed by atoms with van der Waals surface area (Å²) >= 11 is 3.11. The standard InChI is InChI=1S/C38H48N3O10PS2/c1-24(2)35(39-33(42)22-48-26-9-11-27(12-10-26)49-23-34(43)44)38(46)41-21-7-8-32(41)36(45)40-37(25(3)4)52(47,50-28-13-17-30(53-5)18-14-28)51-29-15-19-31(54-6)20-16-29/h9-20,24-25,32,35,37H,7-8,21-23H2,1-6H3,(H,39,42)(H,40,45)(H,43,44)/t32-,35-,37+/m0/s1. The fraction of sp³-hybridized carbons (Fsp3) is 0.421. The predicted octanol–water partition coefficient (Wildman–Crippen LogP) is 6.55. The lowest BCUT2D eigenvalue weighted by Crippen LogP contribution is -2.56. The second-order valence-electron chi connectivity index (χ2n) is 13.2. The van der Waals surface area contributed by atoms with E-state index in [1.807, 2.05) is 50.6 Å². The molecule has 54 heavy (non-hydrogen) atoms. The number of ether oxygens (including phenoxy) is 2. The number of nitrogens with one attached hydrogen (secondary N) is 2. The molecule has 1 aliphatic heterocycles. The van der Waals surface area contributed by atoms with Crippen LogP contribution in [0.3, 0.4) is 0 Å². The van der Waals surface area contributed by atoms with Crippen molar-refractivity contribution in [1.82, 2.24) is 15.5 Å². The van der Waals surface area contributed by atoms with Crippen LogP contribution in [0, 0.1) is 11.8 Å². The Morgan fingerprint density at radius 3 is 1.69 bits per heavy atom. The van der Waals surface area contributed by atoms with E-state index in [1.165, 1.54) is 29.2 Å². The molecule has 1 saturated heterocycles. The van der Waals surface area contributed by atoms with Crippen LogP contribution >= 0.6 is 31.1 Å². The molecule has 0 unspecified atom stereocenters. The van der Waals surface area contributed by atoms with Crippen molar-refractivity contribution in [1.29, 1.82) is 0 Å². The van der Waals surface area contributed by atoms with E-state index in [9.17, 15) is 23.7 Å². The van der Waals surface area contributed by atoms with Crippen molar-refractivity contribution in [2.24, 2.45) is 11.8 Å². The zero-order valence-electron chi connectivity index (χ0n) is 31.2. The lowest BCUT2D eigenvalue weighted by molar-refractivity contribution is -0.142. The third-order valence-corrected chi connectivity index (χ3v) is 12.3. The fourth-order valence-electron chi connectivity index (χ4n) is 5.69. The zero-order valence-corrected chi connectivity index (χ0v) is 33.7. The summed E-state index contributed by atoms with van der Waals surface area (Å²) in [6, 6.07) is 18.5. The van der Waals surface area contributed by atoms with E-state index >= 15 is 0 Å². The maximum absolute atomic E-state index is 14.9. The van der Waals surface area contributed by atoms with Crippen molar-refractivity contribution in [2.45, 2.75) is 68.2 Å². The summed E-state index contributed by atoms with van der Waals surface area (Å²) in [5.41, 5.74) is 0. The van der Waals surface area contributed by atoms with Gasteiger partial charge in [-0.3, -0.25) is 14.4 Å². The predicted molar refractivity (Wildman–Crippen MR) is 209 cm³/mol. The van der Waals surface area contributed by atoms with Crippen LogP contribution in [0.4, 0.5) is 0 Å². The molecular weight excluding hydrogens is 754 g/mol. The Kier molecular flexibility index (Phi) is 15.6. The highest BCUT2D eigenvalue weighted by molar-refractivity contribution is 7.98. The first-order valence-electron chi connectivity index (χ1n) is 17.5. The van der Waals surface area contributed by atoms with Gasteiger partial charge in [0.1, 0.15) is 35.1 Å². The molecule has 0 radical (unpaired) electrons. The van der Waals surface area contributed by atoms with Gasteiger partial charge in [0.15, 0.2) is 19.0 Å². The molecule has 0 saturated carbocycles. The molecule has 0 aliphatic carbocycles. The van der Waals surface area contributed by atoms with Crippen molar-refractivity contribution < 1.29 is 47.4 Å². The van der Waals surface area contributed by atoms with Crippen LogP contribution in [0.2, 0.25) is 0 Å². The summed E-state index contributed by atoms with van der Waals surface area (Å²) in [5.74, 6) is -3.09. The van der Waals surface area contributed by atoms with Crippen molar-refractivity contribution in [3.63, 3.8) is 0 Å². The van der Waals surface area contributed by atoms with Crippen LogP contribution in [0.25, 0.3) is 0 Å². The molecule has 3 aromatic carbocycles. The SMILES string of the molecule is CSc1ccc(OP(=O)(Oc2ccc(SC)cc2)[C@@H](NC(=O)[C@@H]2CCCN2C(=O)[C@@H](NC(=O)COc2ccc(OCC(=O)O)cc2)C(C)C)C(C)C)cc1. The van der Waals surface area contributed by atoms with Gasteiger partial charge in [-0.25, -0.2) is 9.36 Å². The number of nitrogens with zero attached hydrogens (tertiary/aromatic N) is 1. The Bertz CT molecular complexity index is 1720. The number of thioether (sulfide) groups is 2. The molecule has 292 valence electrons. The molecule has 1 heterocycles. The molecule has 16 heteroatoms. The van der Waals surface area contributed by atoms with E-state index in [1.54, 1.807) is 61.6 Å². The molecule has 4 rings (SSSR count). The fourth-order valence-corrected chi connectivity index (χ4v) is 8.62. The Hall–Kier alpha value is -4.33. The molecule has 1 aliphatic rings. The van der Waals surface area contributed by atoms with Gasteiger partial charge in [-0.05, 0) is 110 Å². The molecule has 1 fully saturated rings. The van der Waals surface area contributed by atoms with Crippen LogP contribution in [0.5, 0.6) is 23.0 Å². The van der Waals surface area contributed by atoms with Crippen LogP contribution in [-0.2, 0) is 23.7 Å². The first kappa shape index (κ1) is 42.4. The summed E-state index contributed by atoms with van der Waals surface area (Å²) in [6.45, 7) is 6.62. The number of carbonyl (C=O) groups excluding carboxylic acids is 3. The first-order valence-corrected chi connectivity index (χ1v) is 21.5. The van der Waals surface area contributed by atoms with E-state index < -0.39 is 61.7 Å². The Morgan fingerprint density at radius 2 is 1.24 bits per heavy atom. The Balaban J connectivity index is 1.47. The third kappa shape index (κ3) is 11.8. The lowest BCUT2D eigenvalue weighted by atomic mass is 10.0. The van der Waals surface area contributed by atoms with Crippen molar-refractivity contribution in [3.05, 3.63) is 72.8 Å². The first-order chi connectivity index (χ1) is 25.7. The van der Waals surface area contributed by atoms with Crippen molar-refractivity contribution >= 4 is 54.8 Å². The van der Waals surface area contributed by atoms with Gasteiger partial charge in [0, 0.05) is 16.3 Å². The Labute approximate surface area is 324 Å². The highest BCUT2D eigenvalue weighted by atomic mass is 32.2. The molecule has 3 atom stereocenters. The van der Waals surface area contributed by atoms with Crippen LogP contribution in [0.15, 0.2) is 82.6 Å². The van der Waals surface area contributed by atoms with Crippen molar-refractivity contribution in [3.8, 4) is 23.0 Å². The van der Waals surface area contributed by atoms with Crippen LogP contribution in [-0.4, -0.2) is 83.8 Å². The maximum atomic E-state index is 14.9. The van der Waals surface area contributed by atoms with Gasteiger partial charge in [0.2, 0.25) is 11.8 Å². The highest BCUT2D eigenvalue weighted by Crippen LogP contribution is 2.54. The highest BCUT2D eigenvalue weighted by Gasteiger charge is 2.46. The van der Waals surface area contributed by atoms with E-state index in [0.717, 1.165) is 9.79 Å². The number of rotatable bonds is 19. The normalized spacial score (nSPS) is 15.3. The number of amides is 3. The monoisotopic (exact) mass is 801 g/mol. The minimum absolute atomic E-state index is 0.295. The summed E-state index contributed by atoms with van der Waals surface area (Å²) < 4.78 is 37.9. The van der Waals surface area contributed by atoms with Gasteiger partial charge in [-0.1, -0.05) is 27.7 Å². The molecule has 3 N–H and O–H groups in total. The van der Waals surface area contributed by atoms with Gasteiger partial charge < -0.3 is 39.2 Å². The second kappa shape index (κ2) is 19.8. The summed E-state index contributed by atoms with van der Waals surface area (Å²) in [5, 5.41) is 14.5. The van der Waals surface area contributed by atoms with Gasteiger partial charge >= 0.3 is 13.6 Å². The van der Waals surface area contributed by atoms with Crippen LogP contribution < -0.4 is 29.2 Å². The number of hydrogen-bond acceptors (Lipinski definition) is 11. The average Bonchev–Trinajstić information content (AvgIpc) is 3.65. The quantitative estimate of drug-likeness (QED) is 0.0884. The van der Waals surface area contributed by atoms with Gasteiger partial charge in [-0.2, -0.15) is 0 Å². The maximum Gasteiger partial charge on any atom is 0.453 e. The molecular formula is C38H48N3O10PS2. The summed E-state index contributed by atoms with van der Waals surface area (Å²) in [7, 11) is -4.16. The molecule has 0 bridgehead atoms. The number of carboxylic acids is 1. The van der Waals surface area contributed by atoms with E-state index in [-0.39, 0.29) is 12.5 Å². The molecule has 3 amide bonds. The smallest absolute Gasteiger partial charge is 0.453 e. The molecule has 13 nitrogen and oxygen atoms in total. The van der Waals surface area contributed by atoms with Crippen molar-refractivity contribution in [2.75, 3.05) is 32.3 Å². The summed E-state index contributed by atoms with van der Waals surface area (Å²) in [4.78, 5) is 55.2. The lowest BCUT2D eigenvalue weighted by Gasteiger charge is -2.34. The average molecular weight is 802 g/mol. The van der Waals surface area contributed by atoms with Gasteiger partial charge in [0.05, 0.1) is 0 Å². The molecule has 0 spiro atoms. The number of aliphatic carboxylic acids is 1. The van der Waals surface area contributed by atoms with E-state index in [4.69, 9.17) is 23.6 Å². The largest absolute Gasteiger partial charge is 0.484 e. The number of carbonyl (C=O) groups is 4. The number of benzene rings is 3. The number of likely N-dealkylation sites (tertiary alicyclic amines) is 1. The number of hydrogen-bond donors (Lipinski definition) is 3. The minimum Gasteiger partial charge on any atom is -0.484 e. The topological polar surface area (TPSA) is 170 Å². The van der Waals surface area contributed by atoms with E-state index in [0.29, 0.717) is 42.4 Å². The zero-order chi connectivity index (χ0) is 39.4. The summed E-state index contributed by atoms with van der Waals surface area (Å²) in [6.07, 6.45) is 4.82. The number of carboxylic acid groups (broad SMARTS) is 1.